The van der Waals surface area contributed by atoms with Crippen LogP contribution in [0.15, 0.2) is 48.5 Å². The molecular formula is C30H38ClN3O2. The quantitative estimate of drug-likeness (QED) is 0.553. The second-order valence-corrected chi connectivity index (χ2v) is 10.7. The van der Waals surface area contributed by atoms with E-state index in [4.69, 9.17) is 0 Å². The molecule has 2 fully saturated rings. The summed E-state index contributed by atoms with van der Waals surface area (Å²) in [4.78, 5) is 32.0. The zero-order chi connectivity index (χ0) is 24.6. The predicted molar refractivity (Wildman–Crippen MR) is 149 cm³/mol. The van der Waals surface area contributed by atoms with E-state index in [2.05, 4.69) is 67.3 Å². The van der Waals surface area contributed by atoms with Gasteiger partial charge in [0.15, 0.2) is 0 Å². The van der Waals surface area contributed by atoms with Gasteiger partial charge in [0.2, 0.25) is 11.8 Å². The van der Waals surface area contributed by atoms with Crippen LogP contribution in [-0.2, 0) is 15.0 Å². The fourth-order valence-electron chi connectivity index (χ4n) is 6.31. The molecule has 0 N–H and O–H groups in total. The number of carbonyl (C=O) groups is 2. The molecule has 1 aliphatic carbocycles. The maximum Gasteiger partial charge on any atom is 0.232 e. The summed E-state index contributed by atoms with van der Waals surface area (Å²) in [5.41, 5.74) is 6.31. The number of anilines is 1. The molecule has 3 aliphatic rings. The Morgan fingerprint density at radius 3 is 2.42 bits per heavy atom. The summed E-state index contributed by atoms with van der Waals surface area (Å²) in [7, 11) is 1.79. The molecule has 2 heterocycles. The van der Waals surface area contributed by atoms with Crippen LogP contribution in [0.1, 0.15) is 47.9 Å². The third-order valence-corrected chi connectivity index (χ3v) is 8.35. The minimum atomic E-state index is -0.254. The molecule has 6 heteroatoms. The third kappa shape index (κ3) is 4.96. The van der Waals surface area contributed by atoms with Crippen LogP contribution < -0.4 is 4.90 Å². The topological polar surface area (TPSA) is 43.9 Å². The van der Waals surface area contributed by atoms with Crippen molar-refractivity contribution in [3.8, 4) is 0 Å². The van der Waals surface area contributed by atoms with Gasteiger partial charge in [0, 0.05) is 37.7 Å². The summed E-state index contributed by atoms with van der Waals surface area (Å²) >= 11 is 0. The molecular weight excluding hydrogens is 470 g/mol. The molecule has 1 spiro atoms. The van der Waals surface area contributed by atoms with Gasteiger partial charge in [-0.2, -0.15) is 0 Å². The largest absolute Gasteiger partial charge is 0.345 e. The molecule has 192 valence electrons. The van der Waals surface area contributed by atoms with E-state index in [9.17, 15) is 9.59 Å². The number of hydrogen-bond donors (Lipinski definition) is 0. The molecule has 2 aromatic carbocycles. The van der Waals surface area contributed by atoms with Gasteiger partial charge in [-0.1, -0.05) is 54.6 Å². The second-order valence-electron chi connectivity index (χ2n) is 10.7. The van der Waals surface area contributed by atoms with Gasteiger partial charge in [-0.05, 0) is 75.0 Å². The molecule has 0 bridgehead atoms. The standard InChI is InChI=1S/C30H37N3O2.ClH/c1-22-8-6-9-23(2)28(22)33(29(35)25-20-27(34)31(3)21-25)17-7-16-32-18-14-30(15-19-32)13-12-24-10-4-5-11-26(24)30;/h4-6,8-13,25H,7,14-21H2,1-3H3;1H. The molecule has 0 aromatic heterocycles. The average Bonchev–Trinajstić information content (AvgIpc) is 3.38. The van der Waals surface area contributed by atoms with Crippen molar-refractivity contribution in [1.82, 2.24) is 9.80 Å². The van der Waals surface area contributed by atoms with Crippen molar-refractivity contribution in [3.63, 3.8) is 0 Å². The van der Waals surface area contributed by atoms with Crippen LogP contribution in [0, 0.1) is 19.8 Å². The molecule has 0 saturated carbocycles. The van der Waals surface area contributed by atoms with Gasteiger partial charge in [-0.3, -0.25) is 9.59 Å². The number of allylic oxidation sites excluding steroid dienone is 1. The summed E-state index contributed by atoms with van der Waals surface area (Å²) < 4.78 is 0. The van der Waals surface area contributed by atoms with Crippen LogP contribution in [0.4, 0.5) is 5.69 Å². The normalized spacial score (nSPS) is 20.5. The predicted octanol–water partition coefficient (Wildman–Crippen LogP) is 4.99. The first-order chi connectivity index (χ1) is 16.9. The number of para-hydroxylation sites is 1. The maximum atomic E-state index is 13.6. The van der Waals surface area contributed by atoms with Crippen molar-refractivity contribution < 1.29 is 9.59 Å². The summed E-state index contributed by atoms with van der Waals surface area (Å²) in [6, 6.07) is 15.0. The summed E-state index contributed by atoms with van der Waals surface area (Å²) in [6.45, 7) is 8.50. The Kier molecular flexibility index (Phi) is 7.91. The number of fused-ring (bicyclic) bond motifs is 2. The van der Waals surface area contributed by atoms with E-state index in [1.54, 1.807) is 11.9 Å². The van der Waals surface area contributed by atoms with E-state index in [1.165, 1.54) is 11.1 Å². The molecule has 5 nitrogen and oxygen atoms in total. The van der Waals surface area contributed by atoms with Crippen LogP contribution in [0.3, 0.4) is 0 Å². The molecule has 2 amide bonds. The summed E-state index contributed by atoms with van der Waals surface area (Å²) in [5, 5.41) is 0. The van der Waals surface area contributed by atoms with Crippen LogP contribution >= 0.6 is 12.4 Å². The van der Waals surface area contributed by atoms with E-state index in [0.29, 0.717) is 19.5 Å². The van der Waals surface area contributed by atoms with E-state index in [0.717, 1.165) is 55.7 Å². The van der Waals surface area contributed by atoms with E-state index >= 15 is 0 Å². The van der Waals surface area contributed by atoms with Gasteiger partial charge in [0.05, 0.1) is 5.92 Å². The SMILES string of the molecule is Cc1cccc(C)c1N(CCCN1CCC2(C=Cc3ccccc32)CC1)C(=O)C1CC(=O)N(C)C1.Cl. The molecule has 1 unspecified atom stereocenters. The number of benzene rings is 2. The number of halogens is 1. The Hall–Kier alpha value is -2.63. The number of carbonyl (C=O) groups excluding carboxylic acids is 2. The highest BCUT2D eigenvalue weighted by Gasteiger charge is 2.38. The Morgan fingerprint density at radius 2 is 1.75 bits per heavy atom. The Morgan fingerprint density at radius 1 is 1.06 bits per heavy atom. The molecule has 36 heavy (non-hydrogen) atoms. The van der Waals surface area contributed by atoms with Crippen molar-refractivity contribution >= 4 is 36.0 Å². The van der Waals surface area contributed by atoms with Crippen molar-refractivity contribution in [3.05, 3.63) is 70.8 Å². The van der Waals surface area contributed by atoms with Gasteiger partial charge < -0.3 is 14.7 Å². The van der Waals surface area contributed by atoms with Crippen LogP contribution in [0.5, 0.6) is 0 Å². The molecule has 5 rings (SSSR count). The number of hydrogen-bond acceptors (Lipinski definition) is 3. The lowest BCUT2D eigenvalue weighted by Gasteiger charge is -2.39. The van der Waals surface area contributed by atoms with Crippen LogP contribution in [0.2, 0.25) is 0 Å². The number of nitrogens with zero attached hydrogens (tertiary/aromatic N) is 3. The molecule has 2 saturated heterocycles. The third-order valence-electron chi connectivity index (χ3n) is 8.35. The van der Waals surface area contributed by atoms with Crippen molar-refractivity contribution in [1.29, 1.82) is 0 Å². The smallest absolute Gasteiger partial charge is 0.232 e. The van der Waals surface area contributed by atoms with Gasteiger partial charge in [0.1, 0.15) is 0 Å². The second kappa shape index (κ2) is 10.8. The van der Waals surface area contributed by atoms with Gasteiger partial charge in [0.25, 0.3) is 0 Å². The fraction of sp³-hybridized carbons (Fsp3) is 0.467. The van der Waals surface area contributed by atoms with E-state index in [1.807, 2.05) is 11.0 Å². The monoisotopic (exact) mass is 507 g/mol. The lowest BCUT2D eigenvalue weighted by atomic mass is 9.74. The van der Waals surface area contributed by atoms with E-state index in [-0.39, 0.29) is 35.6 Å². The van der Waals surface area contributed by atoms with Gasteiger partial charge in [-0.15, -0.1) is 12.4 Å². The number of aryl methyl sites for hydroxylation is 2. The number of piperidine rings is 1. The first kappa shape index (κ1) is 26.4. The fourth-order valence-corrected chi connectivity index (χ4v) is 6.31. The highest BCUT2D eigenvalue weighted by Crippen LogP contribution is 2.43. The Balaban J connectivity index is 0.00000304. The highest BCUT2D eigenvalue weighted by molar-refractivity contribution is 6.00. The van der Waals surface area contributed by atoms with Crippen molar-refractivity contribution in [2.75, 3.05) is 44.7 Å². The lowest BCUT2D eigenvalue weighted by Crippen LogP contribution is -2.43. The Bertz CT molecular complexity index is 1130. The molecule has 2 aliphatic heterocycles. The minimum Gasteiger partial charge on any atom is -0.345 e. The first-order valence-electron chi connectivity index (χ1n) is 13.0. The van der Waals surface area contributed by atoms with Crippen LogP contribution in [-0.4, -0.2) is 61.4 Å². The minimum absolute atomic E-state index is 0. The Labute approximate surface area is 221 Å². The molecule has 2 aromatic rings. The lowest BCUT2D eigenvalue weighted by molar-refractivity contribution is -0.127. The zero-order valence-corrected chi connectivity index (χ0v) is 22.5. The summed E-state index contributed by atoms with van der Waals surface area (Å²) in [6.07, 6.45) is 8.27. The van der Waals surface area contributed by atoms with Crippen LogP contribution in [0.25, 0.3) is 6.08 Å². The molecule has 1 atom stereocenters. The first-order valence-corrected chi connectivity index (χ1v) is 13.0. The summed E-state index contributed by atoms with van der Waals surface area (Å²) in [5.74, 6) is -0.101. The zero-order valence-electron chi connectivity index (χ0n) is 21.7. The maximum absolute atomic E-state index is 13.6. The highest BCUT2D eigenvalue weighted by atomic mass is 35.5. The number of amides is 2. The average molecular weight is 508 g/mol. The van der Waals surface area contributed by atoms with Gasteiger partial charge in [-0.25, -0.2) is 0 Å². The van der Waals surface area contributed by atoms with Gasteiger partial charge >= 0.3 is 0 Å². The van der Waals surface area contributed by atoms with E-state index < -0.39 is 0 Å². The number of rotatable bonds is 6. The van der Waals surface area contributed by atoms with Crippen molar-refractivity contribution in [2.24, 2.45) is 5.92 Å². The van der Waals surface area contributed by atoms with Crippen molar-refractivity contribution in [2.45, 2.75) is 44.9 Å². The number of likely N-dealkylation sites (tertiary alicyclic amines) is 2. The molecule has 0 radical (unpaired) electrons.